The number of nitrogens with one attached hydrogen (secondary N) is 2. The Bertz CT molecular complexity index is 1070. The van der Waals surface area contributed by atoms with E-state index in [4.69, 9.17) is 23.2 Å². The Morgan fingerprint density at radius 2 is 1.85 bits per heavy atom. The summed E-state index contributed by atoms with van der Waals surface area (Å²) in [5.74, 6) is -1.79. The van der Waals surface area contributed by atoms with Crippen molar-refractivity contribution < 1.29 is 9.59 Å². The number of carbonyl (C=O) groups excluding carboxylic acids is 2. The van der Waals surface area contributed by atoms with Gasteiger partial charge in [-0.25, -0.2) is 10.4 Å². The molecule has 0 aliphatic carbocycles. The molecule has 6 nitrogen and oxygen atoms in total. The molecule has 0 saturated carbocycles. The van der Waals surface area contributed by atoms with E-state index >= 15 is 0 Å². The van der Waals surface area contributed by atoms with Crippen LogP contribution in [0, 0.1) is 6.92 Å². The summed E-state index contributed by atoms with van der Waals surface area (Å²) in [4.78, 5) is 28.0. The highest BCUT2D eigenvalue weighted by atomic mass is 35.5. The maximum Gasteiger partial charge on any atom is 0.329 e. The number of aromatic nitrogens is 1. The highest BCUT2D eigenvalue weighted by Crippen LogP contribution is 2.20. The quantitative estimate of drug-likeness (QED) is 0.302. The molecule has 2 aromatic carbocycles. The van der Waals surface area contributed by atoms with Crippen LogP contribution in [0.1, 0.15) is 11.1 Å². The number of halogens is 2. The lowest BCUT2D eigenvalue weighted by Crippen LogP contribution is -2.32. The number of rotatable bonds is 3. The van der Waals surface area contributed by atoms with Gasteiger partial charge in [0.05, 0.1) is 11.7 Å². The molecule has 0 aliphatic heterocycles. The highest BCUT2D eigenvalue weighted by molar-refractivity contribution is 6.40. The zero-order chi connectivity index (χ0) is 19.4. The molecule has 8 heteroatoms. The summed E-state index contributed by atoms with van der Waals surface area (Å²) >= 11 is 12.1. The van der Waals surface area contributed by atoms with Crippen molar-refractivity contribution in [3.05, 3.63) is 69.8 Å². The van der Waals surface area contributed by atoms with E-state index in [1.807, 2.05) is 31.2 Å². The van der Waals surface area contributed by atoms with Crippen LogP contribution < -0.4 is 10.7 Å². The number of nitrogens with zero attached hydrogens (tertiary/aromatic N) is 2. The molecule has 0 atom stereocenters. The van der Waals surface area contributed by atoms with E-state index in [1.165, 1.54) is 6.21 Å². The number of anilines is 1. The summed E-state index contributed by atoms with van der Waals surface area (Å²) in [6, 6.07) is 14.2. The van der Waals surface area contributed by atoms with Crippen LogP contribution in [0.25, 0.3) is 10.9 Å². The van der Waals surface area contributed by atoms with Gasteiger partial charge in [0, 0.05) is 21.7 Å². The van der Waals surface area contributed by atoms with Crippen molar-refractivity contribution in [2.75, 3.05) is 5.32 Å². The molecule has 0 spiro atoms. The molecule has 0 fully saturated rings. The first-order valence-corrected chi connectivity index (χ1v) is 8.65. The SMILES string of the molecule is Cc1ccc(NC(=O)C(=O)N/N=C\c2cc3ccccc3nc2Cl)cc1Cl. The molecular formula is C19H14Cl2N4O2. The van der Waals surface area contributed by atoms with Crippen molar-refractivity contribution in [1.82, 2.24) is 10.4 Å². The van der Waals surface area contributed by atoms with E-state index in [0.717, 1.165) is 16.5 Å². The zero-order valence-electron chi connectivity index (χ0n) is 14.2. The Morgan fingerprint density at radius 3 is 2.63 bits per heavy atom. The molecule has 3 rings (SSSR count). The molecule has 0 bridgehead atoms. The van der Waals surface area contributed by atoms with Crippen molar-refractivity contribution >= 4 is 57.8 Å². The molecule has 1 heterocycles. The van der Waals surface area contributed by atoms with Gasteiger partial charge < -0.3 is 5.32 Å². The summed E-state index contributed by atoms with van der Waals surface area (Å²) in [5, 5.41) is 7.82. The minimum absolute atomic E-state index is 0.241. The highest BCUT2D eigenvalue weighted by Gasteiger charge is 2.13. The predicted molar refractivity (Wildman–Crippen MR) is 107 cm³/mol. The molecule has 3 aromatic rings. The lowest BCUT2D eigenvalue weighted by atomic mass is 10.2. The molecule has 0 aliphatic rings. The largest absolute Gasteiger partial charge is 0.329 e. The number of fused-ring (bicyclic) bond motifs is 1. The first-order chi connectivity index (χ1) is 12.9. The number of amides is 2. The van der Waals surface area contributed by atoms with Crippen LogP contribution in [0.4, 0.5) is 5.69 Å². The van der Waals surface area contributed by atoms with Crippen LogP contribution in [0.15, 0.2) is 53.6 Å². The maximum absolute atomic E-state index is 11.9. The van der Waals surface area contributed by atoms with E-state index in [0.29, 0.717) is 16.3 Å². The van der Waals surface area contributed by atoms with Crippen molar-refractivity contribution in [3.63, 3.8) is 0 Å². The number of aryl methyl sites for hydroxylation is 1. The van der Waals surface area contributed by atoms with E-state index in [-0.39, 0.29) is 5.15 Å². The van der Waals surface area contributed by atoms with Crippen molar-refractivity contribution in [1.29, 1.82) is 0 Å². The van der Waals surface area contributed by atoms with Gasteiger partial charge in [0.25, 0.3) is 0 Å². The van der Waals surface area contributed by atoms with Crippen molar-refractivity contribution in [2.45, 2.75) is 6.92 Å². The Balaban J connectivity index is 1.65. The van der Waals surface area contributed by atoms with Gasteiger partial charge in [-0.3, -0.25) is 9.59 Å². The van der Waals surface area contributed by atoms with E-state index in [9.17, 15) is 9.59 Å². The van der Waals surface area contributed by atoms with Gasteiger partial charge in [-0.05, 0) is 36.8 Å². The average molecular weight is 401 g/mol. The number of carbonyl (C=O) groups is 2. The topological polar surface area (TPSA) is 83.5 Å². The molecule has 27 heavy (non-hydrogen) atoms. The third-order valence-corrected chi connectivity index (χ3v) is 4.42. The smallest absolute Gasteiger partial charge is 0.318 e. The molecule has 1 aromatic heterocycles. The predicted octanol–water partition coefficient (Wildman–Crippen LogP) is 3.94. The van der Waals surface area contributed by atoms with Crippen molar-refractivity contribution in [2.24, 2.45) is 5.10 Å². The molecular weight excluding hydrogens is 387 g/mol. The standard InChI is InChI=1S/C19H14Cl2N4O2/c1-11-6-7-14(9-15(11)20)23-18(26)19(27)25-22-10-13-8-12-4-2-3-5-16(12)24-17(13)21/h2-10H,1H3,(H,23,26)(H,25,27)/b22-10-. The van der Waals surface area contributed by atoms with Crippen LogP contribution in [-0.4, -0.2) is 23.0 Å². The van der Waals surface area contributed by atoms with Crippen LogP contribution in [0.3, 0.4) is 0 Å². The number of benzene rings is 2. The third kappa shape index (κ3) is 4.61. The fourth-order valence-electron chi connectivity index (χ4n) is 2.27. The van der Waals surface area contributed by atoms with Crippen molar-refractivity contribution in [3.8, 4) is 0 Å². The molecule has 0 unspecified atom stereocenters. The van der Waals surface area contributed by atoms with Gasteiger partial charge in [-0.15, -0.1) is 0 Å². The van der Waals surface area contributed by atoms with Gasteiger partial charge >= 0.3 is 11.8 Å². The summed E-state index contributed by atoms with van der Waals surface area (Å²) in [7, 11) is 0. The summed E-state index contributed by atoms with van der Waals surface area (Å²) in [5.41, 5.74) is 4.70. The van der Waals surface area contributed by atoms with Gasteiger partial charge in [0.15, 0.2) is 0 Å². The van der Waals surface area contributed by atoms with Gasteiger partial charge in [0.2, 0.25) is 0 Å². The minimum Gasteiger partial charge on any atom is -0.318 e. The van der Waals surface area contributed by atoms with Crippen LogP contribution in [0.2, 0.25) is 10.2 Å². The second-order valence-corrected chi connectivity index (χ2v) is 6.44. The average Bonchev–Trinajstić information content (AvgIpc) is 2.65. The Hall–Kier alpha value is -2.96. The molecule has 0 radical (unpaired) electrons. The molecule has 2 amide bonds. The molecule has 136 valence electrons. The second-order valence-electron chi connectivity index (χ2n) is 5.68. The Kier molecular flexibility index (Phi) is 5.69. The first kappa shape index (κ1) is 18.8. The summed E-state index contributed by atoms with van der Waals surface area (Å²) in [6.07, 6.45) is 1.33. The van der Waals surface area contributed by atoms with E-state index < -0.39 is 11.8 Å². The Morgan fingerprint density at radius 1 is 1.07 bits per heavy atom. The number of pyridine rings is 1. The van der Waals surface area contributed by atoms with Gasteiger partial charge in [-0.1, -0.05) is 47.5 Å². The van der Waals surface area contributed by atoms with E-state index in [2.05, 4.69) is 20.8 Å². The van der Waals surface area contributed by atoms with Gasteiger partial charge in [0.1, 0.15) is 5.15 Å². The maximum atomic E-state index is 11.9. The fourth-order valence-corrected chi connectivity index (χ4v) is 2.64. The third-order valence-electron chi connectivity index (χ3n) is 3.71. The fraction of sp³-hybridized carbons (Fsp3) is 0.0526. The number of para-hydroxylation sites is 1. The minimum atomic E-state index is -0.923. The zero-order valence-corrected chi connectivity index (χ0v) is 15.7. The number of hydrogen-bond acceptors (Lipinski definition) is 4. The summed E-state index contributed by atoms with van der Waals surface area (Å²) in [6.45, 7) is 1.84. The lowest BCUT2D eigenvalue weighted by molar-refractivity contribution is -0.136. The normalized spacial score (nSPS) is 10.9. The number of hydrazone groups is 1. The monoisotopic (exact) mass is 400 g/mol. The summed E-state index contributed by atoms with van der Waals surface area (Å²) < 4.78 is 0. The van der Waals surface area contributed by atoms with Crippen LogP contribution in [0.5, 0.6) is 0 Å². The lowest BCUT2D eigenvalue weighted by Gasteiger charge is -2.06. The second kappa shape index (κ2) is 8.16. The van der Waals surface area contributed by atoms with Gasteiger partial charge in [-0.2, -0.15) is 5.10 Å². The first-order valence-electron chi connectivity index (χ1n) is 7.90. The van der Waals surface area contributed by atoms with Crippen LogP contribution in [-0.2, 0) is 9.59 Å². The molecule has 0 saturated heterocycles. The molecule has 2 N–H and O–H groups in total. The number of hydrogen-bond donors (Lipinski definition) is 2. The van der Waals surface area contributed by atoms with E-state index in [1.54, 1.807) is 24.3 Å². The van der Waals surface area contributed by atoms with Crippen LogP contribution >= 0.6 is 23.2 Å². The Labute approximate surface area is 165 Å².